The molecule has 0 radical (unpaired) electrons. The summed E-state index contributed by atoms with van der Waals surface area (Å²) in [5.74, 6) is -0.826. The highest BCUT2D eigenvalue weighted by Gasteiger charge is 2.30. The van der Waals surface area contributed by atoms with Gasteiger partial charge in [0.25, 0.3) is 0 Å². The fourth-order valence-electron chi connectivity index (χ4n) is 2.30. The molecule has 92 valence electrons. The minimum absolute atomic E-state index is 0.123. The number of hydrogen-bond donors (Lipinski definition) is 2. The summed E-state index contributed by atoms with van der Waals surface area (Å²) < 4.78 is 5.36. The fraction of sp³-hybridized carbons (Fsp3) is 0.231. The van der Waals surface area contributed by atoms with Gasteiger partial charge in [0.1, 0.15) is 11.3 Å². The van der Waals surface area contributed by atoms with Gasteiger partial charge in [0, 0.05) is 17.4 Å². The highest BCUT2D eigenvalue weighted by molar-refractivity contribution is 6.02. The Kier molecular flexibility index (Phi) is 2.33. The Hall–Kier alpha value is -2.30. The van der Waals surface area contributed by atoms with Crippen LogP contribution in [0.3, 0.4) is 0 Å². The van der Waals surface area contributed by atoms with Crippen molar-refractivity contribution in [3.63, 3.8) is 0 Å². The van der Waals surface area contributed by atoms with Gasteiger partial charge < -0.3 is 9.52 Å². The van der Waals surface area contributed by atoms with Crippen molar-refractivity contribution >= 4 is 22.8 Å². The van der Waals surface area contributed by atoms with Crippen molar-refractivity contribution in [3.8, 4) is 5.75 Å². The molecular weight excluding hydrogens is 234 g/mol. The van der Waals surface area contributed by atoms with Crippen LogP contribution in [-0.4, -0.2) is 16.9 Å². The molecular formula is C13H11NO4. The molecule has 0 bridgehead atoms. The van der Waals surface area contributed by atoms with Crippen molar-refractivity contribution < 1.29 is 19.1 Å². The number of phenols is 1. The molecule has 1 aliphatic rings. The van der Waals surface area contributed by atoms with E-state index in [2.05, 4.69) is 5.32 Å². The van der Waals surface area contributed by atoms with Crippen LogP contribution in [0.1, 0.15) is 24.3 Å². The second-order valence-corrected chi connectivity index (χ2v) is 4.38. The number of benzene rings is 1. The molecule has 2 amide bonds. The Bertz CT molecular complexity index is 643. The lowest BCUT2D eigenvalue weighted by atomic mass is 9.90. The van der Waals surface area contributed by atoms with Crippen molar-refractivity contribution in [2.45, 2.75) is 18.8 Å². The number of aromatic hydroxyl groups is 1. The molecule has 1 atom stereocenters. The third-order valence-electron chi connectivity index (χ3n) is 3.20. The molecule has 18 heavy (non-hydrogen) atoms. The maximum atomic E-state index is 11.8. The molecule has 1 fully saturated rings. The topological polar surface area (TPSA) is 79.5 Å². The largest absolute Gasteiger partial charge is 0.508 e. The van der Waals surface area contributed by atoms with Gasteiger partial charge in [-0.15, -0.1) is 0 Å². The zero-order valence-corrected chi connectivity index (χ0v) is 9.47. The lowest BCUT2D eigenvalue weighted by Gasteiger charge is -2.19. The molecule has 3 rings (SSSR count). The highest BCUT2D eigenvalue weighted by atomic mass is 16.3. The third kappa shape index (κ3) is 1.64. The van der Waals surface area contributed by atoms with Gasteiger partial charge in [0.05, 0.1) is 12.2 Å². The minimum Gasteiger partial charge on any atom is -0.508 e. The maximum Gasteiger partial charge on any atom is 0.234 e. The fourth-order valence-corrected chi connectivity index (χ4v) is 2.30. The molecule has 0 spiro atoms. The SMILES string of the molecule is O=C1CCC(c2coc3ccc(O)cc23)C(=O)N1. The second-order valence-electron chi connectivity index (χ2n) is 4.38. The van der Waals surface area contributed by atoms with E-state index in [0.717, 1.165) is 0 Å². The van der Waals surface area contributed by atoms with E-state index in [4.69, 9.17) is 4.42 Å². The molecule has 2 aromatic rings. The summed E-state index contributed by atoms with van der Waals surface area (Å²) in [6.07, 6.45) is 2.31. The minimum atomic E-state index is -0.397. The molecule has 2 N–H and O–H groups in total. The number of fused-ring (bicyclic) bond motifs is 1. The number of hydrogen-bond acceptors (Lipinski definition) is 4. The number of furan rings is 1. The maximum absolute atomic E-state index is 11.8. The van der Waals surface area contributed by atoms with Gasteiger partial charge in [0.15, 0.2) is 0 Å². The van der Waals surface area contributed by atoms with E-state index in [1.54, 1.807) is 12.1 Å². The molecule has 1 aromatic carbocycles. The normalized spacial score (nSPS) is 20.1. The zero-order chi connectivity index (χ0) is 12.7. The van der Waals surface area contributed by atoms with Crippen molar-refractivity contribution in [2.24, 2.45) is 0 Å². The van der Waals surface area contributed by atoms with E-state index in [1.165, 1.54) is 12.3 Å². The number of amides is 2. The first kappa shape index (κ1) is 10.8. The van der Waals surface area contributed by atoms with Gasteiger partial charge in [-0.2, -0.15) is 0 Å². The Labute approximate surface area is 102 Å². The van der Waals surface area contributed by atoms with E-state index in [-0.39, 0.29) is 17.6 Å². The standard InChI is InChI=1S/C13H11NO4/c15-7-1-3-11-9(5-7)10(6-18-11)8-2-4-12(16)14-13(8)17/h1,3,5-6,8,15H,2,4H2,(H,14,16,17). The molecule has 0 saturated carbocycles. The van der Waals surface area contributed by atoms with Gasteiger partial charge in [-0.05, 0) is 24.6 Å². The monoisotopic (exact) mass is 245 g/mol. The van der Waals surface area contributed by atoms with Crippen molar-refractivity contribution in [3.05, 3.63) is 30.0 Å². The van der Waals surface area contributed by atoms with Crippen molar-refractivity contribution in [1.82, 2.24) is 5.32 Å². The quantitative estimate of drug-likeness (QED) is 0.749. The molecule has 1 saturated heterocycles. The summed E-state index contributed by atoms with van der Waals surface area (Å²) in [7, 11) is 0. The van der Waals surface area contributed by atoms with Crippen LogP contribution in [0.25, 0.3) is 11.0 Å². The van der Waals surface area contributed by atoms with Crippen LogP contribution < -0.4 is 5.32 Å². The van der Waals surface area contributed by atoms with Gasteiger partial charge in [-0.25, -0.2) is 0 Å². The molecule has 1 unspecified atom stereocenters. The number of carbonyl (C=O) groups excluding carboxylic acids is 2. The Balaban J connectivity index is 2.06. The number of carbonyl (C=O) groups is 2. The van der Waals surface area contributed by atoms with Gasteiger partial charge >= 0.3 is 0 Å². The molecule has 2 heterocycles. The van der Waals surface area contributed by atoms with Crippen LogP contribution in [0.5, 0.6) is 5.75 Å². The Morgan fingerprint density at radius 3 is 2.94 bits per heavy atom. The predicted octanol–water partition coefficient (Wildman–Crippen LogP) is 1.66. The molecule has 1 aromatic heterocycles. The van der Waals surface area contributed by atoms with Crippen LogP contribution in [0, 0.1) is 0 Å². The molecule has 1 aliphatic heterocycles. The molecule has 0 aliphatic carbocycles. The average Bonchev–Trinajstić information content (AvgIpc) is 2.72. The van der Waals surface area contributed by atoms with Crippen molar-refractivity contribution in [1.29, 1.82) is 0 Å². The lowest BCUT2D eigenvalue weighted by molar-refractivity contribution is -0.134. The third-order valence-corrected chi connectivity index (χ3v) is 3.20. The predicted molar refractivity (Wildman–Crippen MR) is 63.0 cm³/mol. The Morgan fingerprint density at radius 1 is 1.33 bits per heavy atom. The number of nitrogens with one attached hydrogen (secondary N) is 1. The van der Waals surface area contributed by atoms with Gasteiger partial charge in [0.2, 0.25) is 11.8 Å². The number of rotatable bonds is 1. The summed E-state index contributed by atoms with van der Waals surface area (Å²) >= 11 is 0. The van der Waals surface area contributed by atoms with Crippen LogP contribution in [0.2, 0.25) is 0 Å². The van der Waals surface area contributed by atoms with E-state index < -0.39 is 5.92 Å². The van der Waals surface area contributed by atoms with E-state index in [0.29, 0.717) is 29.4 Å². The number of phenolic OH excluding ortho intramolecular Hbond substituents is 1. The smallest absolute Gasteiger partial charge is 0.234 e. The first-order chi connectivity index (χ1) is 8.65. The first-order valence-corrected chi connectivity index (χ1v) is 5.69. The van der Waals surface area contributed by atoms with Crippen LogP contribution in [0.4, 0.5) is 0 Å². The van der Waals surface area contributed by atoms with E-state index in [1.807, 2.05) is 0 Å². The summed E-state index contributed by atoms with van der Waals surface area (Å²) in [6.45, 7) is 0. The average molecular weight is 245 g/mol. The van der Waals surface area contributed by atoms with Crippen LogP contribution in [0.15, 0.2) is 28.9 Å². The second kappa shape index (κ2) is 3.87. The summed E-state index contributed by atoms with van der Waals surface area (Å²) in [5.41, 5.74) is 1.33. The molecule has 5 heteroatoms. The number of piperidine rings is 1. The molecule has 5 nitrogen and oxygen atoms in total. The summed E-state index contributed by atoms with van der Waals surface area (Å²) in [4.78, 5) is 22.9. The van der Waals surface area contributed by atoms with E-state index >= 15 is 0 Å². The lowest BCUT2D eigenvalue weighted by Crippen LogP contribution is -2.39. The zero-order valence-electron chi connectivity index (χ0n) is 9.47. The van der Waals surface area contributed by atoms with Crippen LogP contribution >= 0.6 is 0 Å². The summed E-state index contributed by atoms with van der Waals surface area (Å²) in [5, 5.41) is 12.5. The summed E-state index contributed by atoms with van der Waals surface area (Å²) in [6, 6.07) is 4.75. The van der Waals surface area contributed by atoms with E-state index in [9.17, 15) is 14.7 Å². The van der Waals surface area contributed by atoms with Crippen LogP contribution in [-0.2, 0) is 9.59 Å². The van der Waals surface area contributed by atoms with Gasteiger partial charge in [-0.1, -0.05) is 0 Å². The van der Waals surface area contributed by atoms with Gasteiger partial charge in [-0.3, -0.25) is 14.9 Å². The first-order valence-electron chi connectivity index (χ1n) is 5.69. The number of imide groups is 1. The van der Waals surface area contributed by atoms with Crippen molar-refractivity contribution in [2.75, 3.05) is 0 Å². The Morgan fingerprint density at radius 2 is 2.17 bits per heavy atom. The highest BCUT2D eigenvalue weighted by Crippen LogP contribution is 2.33.